The zero-order valence-electron chi connectivity index (χ0n) is 11.7. The molecule has 0 aliphatic heterocycles. The van der Waals surface area contributed by atoms with Crippen LogP contribution in [0.5, 0.6) is 0 Å². The summed E-state index contributed by atoms with van der Waals surface area (Å²) < 4.78 is 5.62. The molecule has 2 rings (SSSR count). The van der Waals surface area contributed by atoms with E-state index in [1.807, 2.05) is 24.1 Å². The lowest BCUT2D eigenvalue weighted by Gasteiger charge is -2.13. The highest BCUT2D eigenvalue weighted by Crippen LogP contribution is 2.22. The average molecular weight is 260 g/mol. The summed E-state index contributed by atoms with van der Waals surface area (Å²) in [5.74, 6) is 0.613. The fraction of sp³-hybridized carbons (Fsp3) is 0.429. The summed E-state index contributed by atoms with van der Waals surface area (Å²) in [6.45, 7) is 5.75. The van der Waals surface area contributed by atoms with Crippen molar-refractivity contribution in [1.82, 2.24) is 15.5 Å². The lowest BCUT2D eigenvalue weighted by molar-refractivity contribution is 0.472. The van der Waals surface area contributed by atoms with E-state index < -0.39 is 0 Å². The van der Waals surface area contributed by atoms with Crippen molar-refractivity contribution in [2.24, 2.45) is 0 Å². The molecule has 5 nitrogen and oxygen atoms in total. The number of aryl methyl sites for hydroxylation is 1. The van der Waals surface area contributed by atoms with Gasteiger partial charge < -0.3 is 9.73 Å². The van der Waals surface area contributed by atoms with Crippen molar-refractivity contribution >= 4 is 11.7 Å². The summed E-state index contributed by atoms with van der Waals surface area (Å²) in [5, 5.41) is 11.3. The van der Waals surface area contributed by atoms with Crippen molar-refractivity contribution < 1.29 is 4.42 Å². The SMILES string of the molecule is CCCNCc1nnc(N(C)c2ccc(C)cc2)o1. The summed E-state index contributed by atoms with van der Waals surface area (Å²) in [6.07, 6.45) is 1.09. The van der Waals surface area contributed by atoms with E-state index in [0.717, 1.165) is 18.7 Å². The Morgan fingerprint density at radius 2 is 1.95 bits per heavy atom. The Morgan fingerprint density at radius 3 is 2.63 bits per heavy atom. The standard InChI is InChI=1S/C14H20N4O/c1-4-9-15-10-13-16-17-14(19-13)18(3)12-7-5-11(2)6-8-12/h5-8,15H,4,9-10H2,1-3H3. The second-order valence-corrected chi connectivity index (χ2v) is 4.55. The summed E-state index contributed by atoms with van der Waals surface area (Å²) >= 11 is 0. The van der Waals surface area contributed by atoms with E-state index >= 15 is 0 Å². The topological polar surface area (TPSA) is 54.2 Å². The maximum Gasteiger partial charge on any atom is 0.322 e. The lowest BCUT2D eigenvalue weighted by Crippen LogP contribution is -2.14. The monoisotopic (exact) mass is 260 g/mol. The molecule has 0 radical (unpaired) electrons. The Balaban J connectivity index is 2.03. The molecular formula is C14H20N4O. The maximum atomic E-state index is 5.62. The van der Waals surface area contributed by atoms with Crippen molar-refractivity contribution in [3.63, 3.8) is 0 Å². The second-order valence-electron chi connectivity index (χ2n) is 4.55. The van der Waals surface area contributed by atoms with Gasteiger partial charge in [-0.2, -0.15) is 0 Å². The normalized spacial score (nSPS) is 10.7. The van der Waals surface area contributed by atoms with Crippen LogP contribution in [0.25, 0.3) is 0 Å². The smallest absolute Gasteiger partial charge is 0.322 e. The number of hydrogen-bond acceptors (Lipinski definition) is 5. The third-order valence-corrected chi connectivity index (χ3v) is 2.87. The van der Waals surface area contributed by atoms with Gasteiger partial charge in [-0.25, -0.2) is 0 Å². The third kappa shape index (κ3) is 3.54. The van der Waals surface area contributed by atoms with Crippen molar-refractivity contribution in [1.29, 1.82) is 0 Å². The molecule has 102 valence electrons. The van der Waals surface area contributed by atoms with Crippen LogP contribution in [0, 0.1) is 6.92 Å². The van der Waals surface area contributed by atoms with E-state index in [9.17, 15) is 0 Å². The molecule has 1 aromatic carbocycles. The predicted molar refractivity (Wildman–Crippen MR) is 75.5 cm³/mol. The number of nitrogens with one attached hydrogen (secondary N) is 1. The van der Waals surface area contributed by atoms with Gasteiger partial charge >= 0.3 is 6.01 Å². The van der Waals surface area contributed by atoms with Crippen LogP contribution in [0.4, 0.5) is 11.7 Å². The minimum absolute atomic E-state index is 0.511. The minimum atomic E-state index is 0.511. The van der Waals surface area contributed by atoms with Crippen molar-refractivity contribution in [3.05, 3.63) is 35.7 Å². The first kappa shape index (κ1) is 13.5. The van der Waals surface area contributed by atoms with E-state index in [1.54, 1.807) is 0 Å². The molecule has 0 aliphatic rings. The highest BCUT2D eigenvalue weighted by molar-refractivity contribution is 5.55. The molecule has 19 heavy (non-hydrogen) atoms. The number of hydrogen-bond donors (Lipinski definition) is 1. The third-order valence-electron chi connectivity index (χ3n) is 2.87. The average Bonchev–Trinajstić information content (AvgIpc) is 2.88. The largest absolute Gasteiger partial charge is 0.406 e. The van der Waals surface area contributed by atoms with Gasteiger partial charge in [0, 0.05) is 12.7 Å². The second kappa shape index (κ2) is 6.33. The molecule has 1 aromatic heterocycles. The van der Waals surface area contributed by atoms with Crippen LogP contribution < -0.4 is 10.2 Å². The summed E-state index contributed by atoms with van der Waals surface area (Å²) in [4.78, 5) is 1.88. The number of nitrogens with zero attached hydrogens (tertiary/aromatic N) is 3. The van der Waals surface area contributed by atoms with Gasteiger partial charge in [0.25, 0.3) is 0 Å². The maximum absolute atomic E-state index is 5.62. The van der Waals surface area contributed by atoms with E-state index in [2.05, 4.69) is 41.5 Å². The van der Waals surface area contributed by atoms with Gasteiger partial charge in [-0.3, -0.25) is 4.90 Å². The van der Waals surface area contributed by atoms with Crippen molar-refractivity contribution in [2.75, 3.05) is 18.5 Å². The van der Waals surface area contributed by atoms with Gasteiger partial charge in [0.05, 0.1) is 6.54 Å². The first-order chi connectivity index (χ1) is 9.20. The molecular weight excluding hydrogens is 240 g/mol. The predicted octanol–water partition coefficient (Wildman–Crippen LogP) is 2.65. The van der Waals surface area contributed by atoms with Crippen LogP contribution in [-0.4, -0.2) is 23.8 Å². The van der Waals surface area contributed by atoms with Crippen LogP contribution in [0.3, 0.4) is 0 Å². The Bertz CT molecular complexity index is 506. The number of aromatic nitrogens is 2. The fourth-order valence-electron chi connectivity index (χ4n) is 1.70. The Labute approximate surface area is 113 Å². The molecule has 0 bridgehead atoms. The molecule has 1 N–H and O–H groups in total. The first-order valence-electron chi connectivity index (χ1n) is 6.54. The highest BCUT2D eigenvalue weighted by Gasteiger charge is 2.11. The fourth-order valence-corrected chi connectivity index (χ4v) is 1.70. The number of rotatable bonds is 6. The zero-order valence-corrected chi connectivity index (χ0v) is 11.7. The quantitative estimate of drug-likeness (QED) is 0.809. The van der Waals surface area contributed by atoms with E-state index in [4.69, 9.17) is 4.42 Å². The van der Waals surface area contributed by atoms with Gasteiger partial charge in [0.2, 0.25) is 5.89 Å². The van der Waals surface area contributed by atoms with Crippen molar-refractivity contribution in [3.8, 4) is 0 Å². The highest BCUT2D eigenvalue weighted by atomic mass is 16.4. The van der Waals surface area contributed by atoms with Crippen LogP contribution in [0.1, 0.15) is 24.8 Å². The number of anilines is 2. The Morgan fingerprint density at radius 1 is 1.21 bits per heavy atom. The Hall–Kier alpha value is -1.88. The van der Waals surface area contributed by atoms with Crippen LogP contribution in [-0.2, 0) is 6.54 Å². The molecule has 0 spiro atoms. The summed E-state index contributed by atoms with van der Waals surface area (Å²) in [5.41, 5.74) is 2.26. The molecule has 0 saturated heterocycles. The molecule has 5 heteroatoms. The van der Waals surface area contributed by atoms with E-state index in [1.165, 1.54) is 5.56 Å². The van der Waals surface area contributed by atoms with Crippen LogP contribution in [0.2, 0.25) is 0 Å². The molecule has 0 atom stereocenters. The van der Waals surface area contributed by atoms with E-state index in [0.29, 0.717) is 18.5 Å². The van der Waals surface area contributed by atoms with Gasteiger partial charge in [-0.15, -0.1) is 5.10 Å². The molecule has 0 amide bonds. The van der Waals surface area contributed by atoms with Gasteiger partial charge in [0.1, 0.15) is 0 Å². The molecule has 0 saturated carbocycles. The lowest BCUT2D eigenvalue weighted by atomic mass is 10.2. The molecule has 0 unspecified atom stereocenters. The molecule has 1 heterocycles. The zero-order chi connectivity index (χ0) is 13.7. The van der Waals surface area contributed by atoms with Crippen molar-refractivity contribution in [2.45, 2.75) is 26.8 Å². The number of benzene rings is 1. The molecule has 0 fully saturated rings. The summed E-state index contributed by atoms with van der Waals surface area (Å²) in [6, 6.07) is 8.71. The molecule has 2 aromatic rings. The van der Waals surface area contributed by atoms with Gasteiger partial charge in [-0.1, -0.05) is 29.7 Å². The summed E-state index contributed by atoms with van der Waals surface area (Å²) in [7, 11) is 1.92. The minimum Gasteiger partial charge on any atom is -0.406 e. The molecule has 0 aliphatic carbocycles. The first-order valence-corrected chi connectivity index (χ1v) is 6.54. The van der Waals surface area contributed by atoms with Gasteiger partial charge in [-0.05, 0) is 32.0 Å². The Kier molecular flexibility index (Phi) is 4.52. The van der Waals surface area contributed by atoms with Gasteiger partial charge in [0.15, 0.2) is 0 Å². The van der Waals surface area contributed by atoms with Crippen LogP contribution >= 0.6 is 0 Å². The van der Waals surface area contributed by atoms with E-state index in [-0.39, 0.29) is 0 Å². The van der Waals surface area contributed by atoms with Crippen LogP contribution in [0.15, 0.2) is 28.7 Å².